The zero-order valence-electron chi connectivity index (χ0n) is 48.8. The van der Waals surface area contributed by atoms with Crippen molar-refractivity contribution < 1.29 is 59.6 Å². The Bertz CT molecular complexity index is 3870. The molecular weight excluding hydrogens is 1160 g/mol. The van der Waals surface area contributed by atoms with Crippen LogP contribution in [-0.2, 0) is 35.9 Å². The van der Waals surface area contributed by atoms with Gasteiger partial charge in [0.05, 0.1) is 28.0 Å². The maximum atomic E-state index is 13.6. The molecule has 0 radical (unpaired) electrons. The summed E-state index contributed by atoms with van der Waals surface area (Å²) in [6.07, 6.45) is 12.0. The number of anilines is 1. The second-order valence-electron chi connectivity index (χ2n) is 22.2. The predicted molar refractivity (Wildman–Crippen MR) is 334 cm³/mol. The van der Waals surface area contributed by atoms with Gasteiger partial charge >= 0.3 is 5.97 Å². The highest BCUT2D eigenvalue weighted by molar-refractivity contribution is 7.86. The van der Waals surface area contributed by atoms with Crippen molar-refractivity contribution in [3.05, 3.63) is 117 Å². The van der Waals surface area contributed by atoms with Gasteiger partial charge in [-0.05, 0) is 129 Å². The molecule has 6 heterocycles. The number of benzene rings is 2. The van der Waals surface area contributed by atoms with Crippen molar-refractivity contribution in [1.29, 1.82) is 0 Å². The summed E-state index contributed by atoms with van der Waals surface area (Å²) in [5, 5.41) is 26.1. The van der Waals surface area contributed by atoms with Crippen molar-refractivity contribution in [3.63, 3.8) is 0 Å². The van der Waals surface area contributed by atoms with Crippen molar-refractivity contribution in [2.45, 2.75) is 111 Å². The van der Waals surface area contributed by atoms with Crippen LogP contribution in [0.4, 0.5) is 11.4 Å². The first kappa shape index (κ1) is 63.8. The molecule has 24 heteroatoms. The second-order valence-corrected chi connectivity index (χ2v) is 27.2. The minimum absolute atomic E-state index is 0.0420. The number of thiophene rings is 2. The highest BCUT2D eigenvalue weighted by Gasteiger charge is 2.47. The molecule has 8 rings (SSSR count). The number of nitrogens with zero attached hydrogens (tertiary/aromatic N) is 4. The molecule has 2 aromatic carbocycles. The first-order valence-corrected chi connectivity index (χ1v) is 33.5. The molecule has 4 amide bonds. The van der Waals surface area contributed by atoms with Crippen molar-refractivity contribution in [2.24, 2.45) is 0 Å². The van der Waals surface area contributed by atoms with Gasteiger partial charge in [-0.3, -0.25) is 33.1 Å². The number of unbranched alkanes of at least 4 members (excludes halogenated alkanes) is 4. The molecule has 85 heavy (non-hydrogen) atoms. The predicted octanol–water partition coefficient (Wildman–Crippen LogP) is 9.81. The number of pyridine rings is 2. The van der Waals surface area contributed by atoms with E-state index in [0.717, 1.165) is 91.9 Å². The lowest BCUT2D eigenvalue weighted by molar-refractivity contribution is -0.436. The molecule has 2 aliphatic heterocycles. The van der Waals surface area contributed by atoms with Crippen LogP contribution in [0.25, 0.3) is 42.4 Å². The summed E-state index contributed by atoms with van der Waals surface area (Å²) in [5.74, 6) is -4.84. The van der Waals surface area contributed by atoms with Gasteiger partial charge in [0.25, 0.3) is 43.9 Å². The normalized spacial score (nSPS) is 15.0. The lowest BCUT2D eigenvalue weighted by Crippen LogP contribution is -2.32. The number of carbonyl (C=O) groups excluding carboxylic acids is 4. The van der Waals surface area contributed by atoms with Crippen LogP contribution in [0.5, 0.6) is 0 Å². The molecule has 0 aliphatic carbocycles. The number of aromatic nitrogens is 2. The molecule has 0 unspecified atom stereocenters. The number of carboxylic acids is 1. The van der Waals surface area contributed by atoms with E-state index in [1.807, 2.05) is 31.4 Å². The van der Waals surface area contributed by atoms with E-state index in [0.29, 0.717) is 55.6 Å². The molecule has 20 nitrogen and oxygen atoms in total. The molecule has 0 saturated carbocycles. The van der Waals surface area contributed by atoms with E-state index in [1.165, 1.54) is 23.5 Å². The Hall–Kier alpha value is -7.22. The standard InChI is InChI=1S/C61H72N8O12S4/c1-8-11-14-25-68-49(60(4,5)43-35-41(54-39(52(43)68)20-27-82-54)37-31-45(56(72)62-10-3)66-46(32-37)57(73)63-22-9-2)17-16-18-50-61(6,7)44-36-42(55-40(21-28-83-55)53(44)69(50)26-15-12-13-19-51(70)71)38-33-47(58(74)64-23-29-84(76,77)78)67-48(34-38)59(75)65-24-30-85(79,80)81/h16-18,20-21,27-28,31-36H,8-15,19,22-26,29-30H2,1-7H3,(H6-,62,63,64,65,70,71,72,73,74,75,76,77,78,79,80,81)/p+1. The molecule has 0 saturated heterocycles. The number of nitrogens with one attached hydrogen (secondary N) is 4. The van der Waals surface area contributed by atoms with E-state index in [-0.39, 0.29) is 41.0 Å². The molecule has 4 aromatic heterocycles. The van der Waals surface area contributed by atoms with E-state index in [2.05, 4.69) is 111 Å². The summed E-state index contributed by atoms with van der Waals surface area (Å²) in [4.78, 5) is 76.9. The van der Waals surface area contributed by atoms with Crippen molar-refractivity contribution in [3.8, 4) is 22.3 Å². The second kappa shape index (κ2) is 26.6. The topological polar surface area (TPSA) is 294 Å². The number of allylic oxidation sites excluding steroid dienone is 4. The number of rotatable bonds is 27. The smallest absolute Gasteiger partial charge is 0.303 e. The monoisotopic (exact) mass is 1240 g/mol. The number of fused-ring (bicyclic) bond motifs is 6. The zero-order chi connectivity index (χ0) is 61.6. The average molecular weight is 1240 g/mol. The number of aliphatic carboxylic acids is 1. The average Bonchev–Trinajstić information content (AvgIpc) is 1.69. The lowest BCUT2D eigenvalue weighted by atomic mass is 9.79. The van der Waals surface area contributed by atoms with Crippen molar-refractivity contribution in [1.82, 2.24) is 31.2 Å². The first-order chi connectivity index (χ1) is 40.3. The largest absolute Gasteiger partial charge is 0.481 e. The van der Waals surface area contributed by atoms with Gasteiger partial charge < -0.3 is 31.3 Å². The summed E-state index contributed by atoms with van der Waals surface area (Å²) >= 11 is 3.04. The van der Waals surface area contributed by atoms with Crippen LogP contribution in [-0.4, -0.2) is 132 Å². The molecule has 7 N–H and O–H groups in total. The SMILES string of the molecule is CCCCC[N+]1=C(/C=C/C=C2/N(CCCCCC(=O)O)c3c(cc(-c4cc(C(=O)NCCS(=O)(=O)O)nc(C(=O)NCCS(=O)(=O)O)c4)c4sccc34)C2(C)C)C(C)(C)c2cc(-c3cc(C(=O)NCC)nc(C(=O)NCCC)c3)c3sccc3c21. The highest BCUT2D eigenvalue weighted by Crippen LogP contribution is 2.55. The number of hydrogen-bond donors (Lipinski definition) is 7. The Morgan fingerprint density at radius 2 is 1.15 bits per heavy atom. The Kier molecular flexibility index (Phi) is 20.0. The summed E-state index contributed by atoms with van der Waals surface area (Å²) < 4.78 is 69.1. The molecule has 2 aliphatic rings. The third-order valence-corrected chi connectivity index (χ3v) is 18.6. The fraction of sp³-hybridized carbons (Fsp3) is 0.410. The van der Waals surface area contributed by atoms with Crippen LogP contribution in [0.15, 0.2) is 83.2 Å². The molecule has 452 valence electrons. The van der Waals surface area contributed by atoms with E-state index in [9.17, 15) is 55.0 Å². The van der Waals surface area contributed by atoms with Crippen LogP contribution >= 0.6 is 22.7 Å². The summed E-state index contributed by atoms with van der Waals surface area (Å²) in [6.45, 7) is 15.9. The Balaban J connectivity index is 1.25. The minimum Gasteiger partial charge on any atom is -0.481 e. The quantitative estimate of drug-likeness (QED) is 0.0143. The summed E-state index contributed by atoms with van der Waals surface area (Å²) in [7, 11) is -8.88. The van der Waals surface area contributed by atoms with Crippen molar-refractivity contribution >= 4 is 110 Å². The van der Waals surface area contributed by atoms with Gasteiger partial charge in [0.1, 0.15) is 29.3 Å². The minimum atomic E-state index is -4.44. The Morgan fingerprint density at radius 3 is 1.67 bits per heavy atom. The van der Waals surface area contributed by atoms with E-state index < -0.39 is 73.4 Å². The Morgan fingerprint density at radius 1 is 0.635 bits per heavy atom. The van der Waals surface area contributed by atoms with Crippen LogP contribution in [0.1, 0.15) is 153 Å². The third-order valence-electron chi connectivity index (χ3n) is 15.3. The fourth-order valence-electron chi connectivity index (χ4n) is 11.1. The van der Waals surface area contributed by atoms with E-state index in [4.69, 9.17) is 0 Å². The van der Waals surface area contributed by atoms with Crippen molar-refractivity contribution in [2.75, 3.05) is 55.7 Å². The lowest BCUT2D eigenvalue weighted by Gasteiger charge is -2.27. The third kappa shape index (κ3) is 14.4. The molecule has 0 bridgehead atoms. The molecule has 0 spiro atoms. The van der Waals surface area contributed by atoms with Crippen LogP contribution < -0.4 is 26.2 Å². The molecule has 6 aromatic rings. The van der Waals surface area contributed by atoms with Gasteiger partial charge in [-0.25, -0.2) is 9.97 Å². The summed E-state index contributed by atoms with van der Waals surface area (Å²) in [6, 6.07) is 14.9. The first-order valence-electron chi connectivity index (χ1n) is 28.5. The van der Waals surface area contributed by atoms with E-state index >= 15 is 0 Å². The van der Waals surface area contributed by atoms with Gasteiger partial charge in [0, 0.05) is 94.2 Å². The number of hydrogen-bond acceptors (Lipinski definition) is 14. The van der Waals surface area contributed by atoms with Crippen LogP contribution in [0.3, 0.4) is 0 Å². The highest BCUT2D eigenvalue weighted by atomic mass is 32.2. The van der Waals surface area contributed by atoms with E-state index in [1.54, 1.807) is 23.5 Å². The van der Waals surface area contributed by atoms with Gasteiger partial charge in [0.2, 0.25) is 5.69 Å². The summed E-state index contributed by atoms with van der Waals surface area (Å²) in [5.41, 5.74) is 7.22. The van der Waals surface area contributed by atoms with Crippen LogP contribution in [0.2, 0.25) is 0 Å². The number of carbonyl (C=O) groups is 5. The molecular formula is C61H73N8O12S4+. The number of amides is 4. The van der Waals surface area contributed by atoms with Gasteiger partial charge in [0.15, 0.2) is 5.71 Å². The van der Waals surface area contributed by atoms with Gasteiger partial charge in [-0.15, -0.1) is 22.7 Å². The molecule has 0 atom stereocenters. The maximum absolute atomic E-state index is 13.6. The maximum Gasteiger partial charge on any atom is 0.303 e. The van der Waals surface area contributed by atoms with Gasteiger partial charge in [-0.1, -0.05) is 46.6 Å². The fourth-order valence-corrected chi connectivity index (χ4v) is 13.7. The molecule has 0 fully saturated rings. The van der Waals surface area contributed by atoms with Gasteiger partial charge in [-0.2, -0.15) is 21.4 Å². The number of carboxylic acid groups (broad SMARTS) is 1. The Labute approximate surface area is 503 Å². The van der Waals surface area contributed by atoms with Crippen LogP contribution in [0, 0.1) is 0 Å². The zero-order valence-corrected chi connectivity index (χ0v) is 52.0.